The number of aliphatic hydroxyl groups excluding tert-OH is 1. The fourth-order valence-corrected chi connectivity index (χ4v) is 2.98. The average Bonchev–Trinajstić information content (AvgIpc) is 2.88. The number of benzene rings is 2. The van der Waals surface area contributed by atoms with Gasteiger partial charge >= 0.3 is 6.18 Å². The number of nitrogens with one attached hydrogen (secondary N) is 1. The van der Waals surface area contributed by atoms with E-state index in [4.69, 9.17) is 0 Å². The first-order valence-electron chi connectivity index (χ1n) is 8.23. The van der Waals surface area contributed by atoms with Crippen molar-refractivity contribution in [2.45, 2.75) is 19.1 Å². The first kappa shape index (κ1) is 18.8. The summed E-state index contributed by atoms with van der Waals surface area (Å²) in [6.45, 7) is -0.392. The second-order valence-corrected chi connectivity index (χ2v) is 6.41. The van der Waals surface area contributed by atoms with E-state index >= 15 is 0 Å². The highest BCUT2D eigenvalue weighted by Gasteiger charge is 2.40. The third-order valence-electron chi connectivity index (χ3n) is 4.39. The maximum Gasteiger partial charge on any atom is 0.406 e. The number of hydrogen-bond donors (Lipinski definition) is 2. The van der Waals surface area contributed by atoms with Crippen molar-refractivity contribution in [3.05, 3.63) is 59.4 Å². The summed E-state index contributed by atoms with van der Waals surface area (Å²) in [4.78, 5) is 24.5. The predicted octanol–water partition coefficient (Wildman–Crippen LogP) is 3.23. The molecule has 0 radical (unpaired) electrons. The number of alkyl halides is 3. The Hall–Kier alpha value is -3.03. The molecular weight excluding hydrogens is 361 g/mol. The van der Waals surface area contributed by atoms with E-state index in [9.17, 15) is 27.9 Å². The fourth-order valence-electron chi connectivity index (χ4n) is 2.98. The van der Waals surface area contributed by atoms with Gasteiger partial charge in [-0.1, -0.05) is 36.4 Å². The van der Waals surface area contributed by atoms with Gasteiger partial charge in [-0.2, -0.15) is 13.2 Å². The Kier molecular flexibility index (Phi) is 4.82. The van der Waals surface area contributed by atoms with Crippen molar-refractivity contribution < 1.29 is 27.9 Å². The molecule has 2 N–H and O–H groups in total. The normalized spacial score (nSPS) is 16.1. The number of halogens is 3. The van der Waals surface area contributed by atoms with Crippen molar-refractivity contribution in [3.8, 4) is 0 Å². The Morgan fingerprint density at radius 3 is 2.56 bits per heavy atom. The zero-order valence-electron chi connectivity index (χ0n) is 14.4. The first-order chi connectivity index (χ1) is 12.7. The summed E-state index contributed by atoms with van der Waals surface area (Å²) >= 11 is 0. The smallest absolute Gasteiger partial charge is 0.406 e. The van der Waals surface area contributed by atoms with Crippen LogP contribution in [0, 0.1) is 0 Å². The number of amides is 2. The molecule has 0 aromatic heterocycles. The number of nitrogens with zero attached hydrogens (tertiary/aromatic N) is 1. The molecule has 2 aromatic carbocycles. The molecule has 0 saturated heterocycles. The van der Waals surface area contributed by atoms with E-state index in [0.717, 1.165) is 16.3 Å². The molecule has 1 heterocycles. The van der Waals surface area contributed by atoms with Crippen LogP contribution in [0.1, 0.15) is 18.5 Å². The summed E-state index contributed by atoms with van der Waals surface area (Å²) < 4.78 is 37.5. The lowest BCUT2D eigenvalue weighted by Crippen LogP contribution is -2.37. The summed E-state index contributed by atoms with van der Waals surface area (Å²) in [5, 5.41) is 14.4. The van der Waals surface area contributed by atoms with Gasteiger partial charge in [0.1, 0.15) is 6.54 Å². The molecule has 27 heavy (non-hydrogen) atoms. The molecule has 0 fully saturated rings. The highest BCUT2D eigenvalue weighted by atomic mass is 19.4. The Morgan fingerprint density at radius 2 is 1.89 bits per heavy atom. The highest BCUT2D eigenvalue weighted by Crippen LogP contribution is 2.25. The largest absolute Gasteiger partial charge is 0.503 e. The van der Waals surface area contributed by atoms with Crippen LogP contribution in [0.2, 0.25) is 0 Å². The molecule has 0 spiro atoms. The third kappa shape index (κ3) is 4.05. The van der Waals surface area contributed by atoms with E-state index in [1.54, 1.807) is 6.92 Å². The summed E-state index contributed by atoms with van der Waals surface area (Å²) in [5.74, 6) is -2.91. The molecule has 1 aliphatic heterocycles. The number of carbonyl (C=O) groups excluding carboxylic acids is 2. The maximum absolute atomic E-state index is 12.5. The minimum absolute atomic E-state index is 0.364. The number of carbonyl (C=O) groups is 2. The summed E-state index contributed by atoms with van der Waals surface area (Å²) in [6.07, 6.45) is -4.61. The van der Waals surface area contributed by atoms with Crippen molar-refractivity contribution in [1.29, 1.82) is 0 Å². The van der Waals surface area contributed by atoms with Gasteiger partial charge in [0.05, 0.1) is 18.2 Å². The second kappa shape index (κ2) is 6.94. The summed E-state index contributed by atoms with van der Waals surface area (Å²) in [6, 6.07) is 12.8. The monoisotopic (exact) mass is 378 g/mol. The van der Waals surface area contributed by atoms with Crippen LogP contribution in [0.4, 0.5) is 13.2 Å². The standard InChI is InChI=1S/C19H17F3N2O3/c1-11(13-7-6-12-4-2-3-5-14(12)8-13)23-17(26)15-9-24(10-19(20,21)22)18(27)16(15)25/h2-8,11,25H,9-10H2,1H3,(H,23,26). The van der Waals surface area contributed by atoms with E-state index < -0.39 is 42.9 Å². The van der Waals surface area contributed by atoms with Gasteiger partial charge in [0.15, 0.2) is 5.76 Å². The van der Waals surface area contributed by atoms with Gasteiger partial charge in [-0.05, 0) is 29.3 Å². The Labute approximate surface area is 153 Å². The molecule has 0 saturated carbocycles. The molecule has 0 aliphatic carbocycles. The molecule has 8 heteroatoms. The maximum atomic E-state index is 12.5. The van der Waals surface area contributed by atoms with Gasteiger partial charge < -0.3 is 15.3 Å². The van der Waals surface area contributed by atoms with Crippen molar-refractivity contribution in [1.82, 2.24) is 10.2 Å². The van der Waals surface area contributed by atoms with Gasteiger partial charge in [0, 0.05) is 0 Å². The van der Waals surface area contributed by atoms with Crippen LogP contribution in [0.15, 0.2) is 53.8 Å². The molecule has 0 bridgehead atoms. The van der Waals surface area contributed by atoms with Crippen molar-refractivity contribution >= 4 is 22.6 Å². The Morgan fingerprint density at radius 1 is 1.22 bits per heavy atom. The van der Waals surface area contributed by atoms with Gasteiger partial charge in [-0.15, -0.1) is 0 Å². The second-order valence-electron chi connectivity index (χ2n) is 6.41. The van der Waals surface area contributed by atoms with E-state index in [0.29, 0.717) is 4.90 Å². The lowest BCUT2D eigenvalue weighted by molar-refractivity contribution is -0.157. The zero-order chi connectivity index (χ0) is 19.8. The van der Waals surface area contributed by atoms with Crippen LogP contribution < -0.4 is 5.32 Å². The van der Waals surface area contributed by atoms with Crippen LogP contribution in [-0.2, 0) is 9.59 Å². The molecular formula is C19H17F3N2O3. The van der Waals surface area contributed by atoms with E-state index in [2.05, 4.69) is 5.32 Å². The molecule has 2 amide bonds. The van der Waals surface area contributed by atoms with Crippen LogP contribution >= 0.6 is 0 Å². The van der Waals surface area contributed by atoms with E-state index in [1.807, 2.05) is 42.5 Å². The molecule has 1 atom stereocenters. The van der Waals surface area contributed by atoms with Crippen LogP contribution in [-0.4, -0.2) is 41.1 Å². The minimum Gasteiger partial charge on any atom is -0.503 e. The van der Waals surface area contributed by atoms with Gasteiger partial charge in [0.25, 0.3) is 11.8 Å². The minimum atomic E-state index is -4.61. The van der Waals surface area contributed by atoms with Crippen LogP contribution in [0.5, 0.6) is 0 Å². The number of rotatable bonds is 4. The topological polar surface area (TPSA) is 69.6 Å². The third-order valence-corrected chi connectivity index (χ3v) is 4.39. The van der Waals surface area contributed by atoms with Crippen LogP contribution in [0.3, 0.4) is 0 Å². The molecule has 5 nitrogen and oxygen atoms in total. The van der Waals surface area contributed by atoms with Crippen molar-refractivity contribution in [2.75, 3.05) is 13.1 Å². The lowest BCUT2D eigenvalue weighted by atomic mass is 10.0. The summed E-state index contributed by atoms with van der Waals surface area (Å²) in [7, 11) is 0. The summed E-state index contributed by atoms with van der Waals surface area (Å²) in [5.41, 5.74) is 0.426. The lowest BCUT2D eigenvalue weighted by Gasteiger charge is -2.18. The van der Waals surface area contributed by atoms with Crippen molar-refractivity contribution in [3.63, 3.8) is 0 Å². The molecule has 1 aliphatic rings. The number of aliphatic hydroxyl groups is 1. The molecule has 142 valence electrons. The van der Waals surface area contributed by atoms with Gasteiger partial charge in [-0.3, -0.25) is 9.59 Å². The highest BCUT2D eigenvalue weighted by molar-refractivity contribution is 6.07. The molecule has 3 rings (SSSR count). The average molecular weight is 378 g/mol. The number of fused-ring (bicyclic) bond motifs is 1. The van der Waals surface area contributed by atoms with Gasteiger partial charge in [0.2, 0.25) is 0 Å². The van der Waals surface area contributed by atoms with E-state index in [-0.39, 0.29) is 5.57 Å². The fraction of sp³-hybridized carbons (Fsp3) is 0.263. The van der Waals surface area contributed by atoms with Gasteiger partial charge in [-0.25, -0.2) is 0 Å². The van der Waals surface area contributed by atoms with E-state index in [1.165, 1.54) is 0 Å². The quantitative estimate of drug-likeness (QED) is 0.858. The molecule has 1 unspecified atom stereocenters. The molecule has 2 aromatic rings. The first-order valence-corrected chi connectivity index (χ1v) is 8.23. The Bertz CT molecular complexity index is 937. The number of hydrogen-bond acceptors (Lipinski definition) is 3. The van der Waals surface area contributed by atoms with Crippen LogP contribution in [0.25, 0.3) is 10.8 Å². The SMILES string of the molecule is CC(NC(=O)C1=C(O)C(=O)N(CC(F)(F)F)C1)c1ccc2ccccc2c1. The Balaban J connectivity index is 1.73. The predicted molar refractivity (Wildman–Crippen MR) is 92.8 cm³/mol. The zero-order valence-corrected chi connectivity index (χ0v) is 14.4. The van der Waals surface area contributed by atoms with Crippen molar-refractivity contribution in [2.24, 2.45) is 0 Å².